The van der Waals surface area contributed by atoms with E-state index in [4.69, 9.17) is 0 Å². The third-order valence-corrected chi connectivity index (χ3v) is 9.28. The third-order valence-electron chi connectivity index (χ3n) is 9.28. The first-order valence-corrected chi connectivity index (χ1v) is 16.5. The molecule has 1 aromatic carbocycles. The Kier molecular flexibility index (Phi) is 14.7. The number of halogens is 2. The molecule has 0 amide bonds. The van der Waals surface area contributed by atoms with Crippen LogP contribution in [-0.2, 0) is 6.42 Å². The molecule has 2 aliphatic rings. The van der Waals surface area contributed by atoms with Gasteiger partial charge < -0.3 is 0 Å². The molecule has 1 saturated carbocycles. The molecule has 0 nitrogen and oxygen atoms in total. The molecule has 0 saturated heterocycles. The van der Waals surface area contributed by atoms with Crippen molar-refractivity contribution in [3.05, 3.63) is 58.7 Å². The average molecular weight is 527 g/mol. The van der Waals surface area contributed by atoms with Crippen LogP contribution in [-0.4, -0.2) is 0 Å². The molecule has 0 N–H and O–H groups in total. The molecule has 0 bridgehead atoms. The van der Waals surface area contributed by atoms with Gasteiger partial charge in [-0.25, -0.2) is 8.78 Å². The van der Waals surface area contributed by atoms with Crippen LogP contribution >= 0.6 is 0 Å². The zero-order valence-electron chi connectivity index (χ0n) is 24.7. The van der Waals surface area contributed by atoms with Gasteiger partial charge in [0.05, 0.1) is 0 Å². The van der Waals surface area contributed by atoms with Gasteiger partial charge in [0.1, 0.15) is 11.6 Å². The highest BCUT2D eigenvalue weighted by Gasteiger charge is 2.25. The largest absolute Gasteiger partial charge is 0.207 e. The second-order valence-electron chi connectivity index (χ2n) is 12.4. The minimum Gasteiger partial charge on any atom is -0.207 e. The second-order valence-corrected chi connectivity index (χ2v) is 12.4. The lowest BCUT2D eigenvalue weighted by molar-refractivity contribution is 0.282. The fraction of sp³-hybridized carbons (Fsp3) is 0.722. The Morgan fingerprint density at radius 2 is 1.24 bits per heavy atom. The number of unbranched alkanes of at least 4 members (excludes halogenated alkanes) is 12. The highest BCUT2D eigenvalue weighted by molar-refractivity contribution is 5.36. The van der Waals surface area contributed by atoms with E-state index in [1.807, 2.05) is 0 Å². The highest BCUT2D eigenvalue weighted by Crippen LogP contribution is 2.39. The van der Waals surface area contributed by atoms with Crippen molar-refractivity contribution < 1.29 is 8.78 Å². The van der Waals surface area contributed by atoms with Crippen LogP contribution in [0.3, 0.4) is 0 Å². The Hall–Kier alpha value is -1.44. The van der Waals surface area contributed by atoms with Gasteiger partial charge in [0, 0.05) is 11.5 Å². The molecular weight excluding hydrogens is 470 g/mol. The van der Waals surface area contributed by atoms with Gasteiger partial charge in [-0.2, -0.15) is 0 Å². The Labute approximate surface area is 233 Å². The van der Waals surface area contributed by atoms with Gasteiger partial charge in [0.25, 0.3) is 0 Å². The minimum atomic E-state index is -0.352. The van der Waals surface area contributed by atoms with E-state index in [0.717, 1.165) is 30.7 Å². The van der Waals surface area contributed by atoms with Crippen LogP contribution in [0.5, 0.6) is 0 Å². The van der Waals surface area contributed by atoms with Crippen molar-refractivity contribution >= 4 is 0 Å². The highest BCUT2D eigenvalue weighted by atomic mass is 19.1. The van der Waals surface area contributed by atoms with Crippen molar-refractivity contribution in [2.24, 2.45) is 11.8 Å². The first-order chi connectivity index (χ1) is 18.6. The minimum absolute atomic E-state index is 0.0870. The molecular formula is C36H56F2. The molecule has 3 rings (SSSR count). The molecule has 38 heavy (non-hydrogen) atoms. The molecule has 0 spiro atoms. The van der Waals surface area contributed by atoms with Crippen molar-refractivity contribution in [1.29, 1.82) is 0 Å². The van der Waals surface area contributed by atoms with Crippen molar-refractivity contribution in [3.63, 3.8) is 0 Å². The van der Waals surface area contributed by atoms with E-state index in [9.17, 15) is 8.78 Å². The van der Waals surface area contributed by atoms with Gasteiger partial charge in [-0.15, -0.1) is 0 Å². The molecule has 0 aliphatic heterocycles. The topological polar surface area (TPSA) is 0 Å². The van der Waals surface area contributed by atoms with E-state index in [1.54, 1.807) is 12.1 Å². The number of allylic oxidation sites excluding steroid dienone is 4. The lowest BCUT2D eigenvalue weighted by Crippen LogP contribution is -2.17. The summed E-state index contributed by atoms with van der Waals surface area (Å²) in [7, 11) is 0. The van der Waals surface area contributed by atoms with E-state index in [-0.39, 0.29) is 23.1 Å². The monoisotopic (exact) mass is 526 g/mol. The smallest absolute Gasteiger partial charge is 0.129 e. The quantitative estimate of drug-likeness (QED) is 0.167. The summed E-state index contributed by atoms with van der Waals surface area (Å²) in [6, 6.07) is 3.20. The van der Waals surface area contributed by atoms with Crippen LogP contribution in [0.25, 0.3) is 0 Å². The van der Waals surface area contributed by atoms with Crippen LogP contribution < -0.4 is 0 Å². The van der Waals surface area contributed by atoms with Crippen LogP contribution in [0.4, 0.5) is 8.78 Å². The van der Waals surface area contributed by atoms with Gasteiger partial charge in [-0.1, -0.05) is 122 Å². The van der Waals surface area contributed by atoms with Crippen LogP contribution in [0.15, 0.2) is 35.9 Å². The zero-order chi connectivity index (χ0) is 27.0. The SMILES string of the molecule is CCCCCCCCCCc1c(F)cc(C2C=CC(C3CCC(CCCCCCCC)CC3)=CC2)cc1F. The normalized spacial score (nSPS) is 21.6. The summed E-state index contributed by atoms with van der Waals surface area (Å²) in [6.07, 6.45) is 32.9. The third kappa shape index (κ3) is 10.6. The van der Waals surface area contributed by atoms with Crippen molar-refractivity contribution in [3.8, 4) is 0 Å². The molecule has 0 aromatic heterocycles. The molecule has 2 heteroatoms. The fourth-order valence-electron chi connectivity index (χ4n) is 6.70. The Morgan fingerprint density at radius 3 is 1.79 bits per heavy atom. The lowest BCUT2D eigenvalue weighted by Gasteiger charge is -2.31. The molecule has 1 unspecified atom stereocenters. The molecule has 1 atom stereocenters. The van der Waals surface area contributed by atoms with Gasteiger partial charge in [0.2, 0.25) is 0 Å². The standard InChI is InChI=1S/C36H56F2/c1-3-5-7-9-11-12-14-16-18-34-35(37)27-33(28-36(34)38)32-25-23-31(24-26-32)30-21-19-29(20-22-30)17-15-13-10-8-6-4-2/h23-25,27-30,32H,3-22,26H2,1-2H3. The predicted octanol–water partition coefficient (Wildman–Crippen LogP) is 12.2. The first-order valence-electron chi connectivity index (χ1n) is 16.5. The summed E-state index contributed by atoms with van der Waals surface area (Å²) in [4.78, 5) is 0. The number of benzene rings is 1. The molecule has 2 aliphatic carbocycles. The molecule has 0 heterocycles. The number of hydrogen-bond acceptors (Lipinski definition) is 0. The van der Waals surface area contributed by atoms with E-state index < -0.39 is 0 Å². The average Bonchev–Trinajstić information content (AvgIpc) is 2.93. The van der Waals surface area contributed by atoms with Gasteiger partial charge in [0.15, 0.2) is 0 Å². The summed E-state index contributed by atoms with van der Waals surface area (Å²) in [6.45, 7) is 4.52. The number of hydrogen-bond donors (Lipinski definition) is 0. The summed E-state index contributed by atoms with van der Waals surface area (Å²) >= 11 is 0. The zero-order valence-corrected chi connectivity index (χ0v) is 24.7. The van der Waals surface area contributed by atoms with Crippen LogP contribution in [0, 0.1) is 23.5 Å². The van der Waals surface area contributed by atoms with Gasteiger partial charge in [-0.05, 0) is 80.1 Å². The van der Waals surface area contributed by atoms with Crippen molar-refractivity contribution in [2.75, 3.05) is 0 Å². The van der Waals surface area contributed by atoms with E-state index in [1.165, 1.54) is 115 Å². The Morgan fingerprint density at radius 1 is 0.684 bits per heavy atom. The maximum atomic E-state index is 14.9. The lowest BCUT2D eigenvalue weighted by atomic mass is 9.75. The van der Waals surface area contributed by atoms with Crippen molar-refractivity contribution in [1.82, 2.24) is 0 Å². The predicted molar refractivity (Wildman–Crippen MR) is 161 cm³/mol. The molecule has 1 fully saturated rings. The number of rotatable bonds is 18. The van der Waals surface area contributed by atoms with Crippen LogP contribution in [0.1, 0.15) is 159 Å². The molecule has 0 radical (unpaired) electrons. The van der Waals surface area contributed by atoms with Crippen molar-refractivity contribution in [2.45, 2.75) is 155 Å². The fourth-order valence-corrected chi connectivity index (χ4v) is 6.70. The van der Waals surface area contributed by atoms with Crippen LogP contribution in [0.2, 0.25) is 0 Å². The van der Waals surface area contributed by atoms with Gasteiger partial charge >= 0.3 is 0 Å². The second kappa shape index (κ2) is 18.0. The maximum absolute atomic E-state index is 14.9. The molecule has 1 aromatic rings. The van der Waals surface area contributed by atoms with Gasteiger partial charge in [-0.3, -0.25) is 0 Å². The summed E-state index contributed by atoms with van der Waals surface area (Å²) < 4.78 is 29.7. The molecule has 214 valence electrons. The maximum Gasteiger partial charge on any atom is 0.129 e. The van der Waals surface area contributed by atoms with E-state index in [0.29, 0.717) is 12.3 Å². The summed E-state index contributed by atoms with van der Waals surface area (Å²) in [5, 5.41) is 0. The van der Waals surface area contributed by atoms with E-state index >= 15 is 0 Å². The summed E-state index contributed by atoms with van der Waals surface area (Å²) in [5.41, 5.74) is 2.54. The summed E-state index contributed by atoms with van der Waals surface area (Å²) in [5.74, 6) is 0.984. The Bertz CT molecular complexity index is 820. The Balaban J connectivity index is 1.38. The van der Waals surface area contributed by atoms with E-state index in [2.05, 4.69) is 32.1 Å². The first kappa shape index (κ1) is 31.1.